The number of amides is 2. The Kier molecular flexibility index (Phi) is 5.82. The third-order valence-corrected chi connectivity index (χ3v) is 4.29. The van der Waals surface area contributed by atoms with Crippen LogP contribution < -0.4 is 15.4 Å². The van der Waals surface area contributed by atoms with Crippen LogP contribution in [-0.2, 0) is 5.41 Å². The number of halogens is 1. The van der Waals surface area contributed by atoms with E-state index in [0.717, 1.165) is 11.1 Å². The summed E-state index contributed by atoms with van der Waals surface area (Å²) < 4.78 is 20.0. The number of urea groups is 1. The van der Waals surface area contributed by atoms with E-state index >= 15 is 0 Å². The number of aryl methyl sites for hydroxylation is 1. The molecule has 5 nitrogen and oxygen atoms in total. The minimum Gasteiger partial charge on any atom is -0.437 e. The molecule has 1 aromatic heterocycles. The number of carbonyl (C=O) groups excluding carboxylic acids is 1. The van der Waals surface area contributed by atoms with E-state index in [-0.39, 0.29) is 17.0 Å². The van der Waals surface area contributed by atoms with Gasteiger partial charge in [-0.05, 0) is 48.2 Å². The van der Waals surface area contributed by atoms with Crippen LogP contribution in [0.5, 0.6) is 11.6 Å². The summed E-state index contributed by atoms with van der Waals surface area (Å²) in [5, 5.41) is 5.18. The fourth-order valence-electron chi connectivity index (χ4n) is 2.84. The second kappa shape index (κ2) is 8.31. The summed E-state index contributed by atoms with van der Waals surface area (Å²) in [5.74, 6) is 0.414. The molecule has 29 heavy (non-hydrogen) atoms. The van der Waals surface area contributed by atoms with Gasteiger partial charge in [0.15, 0.2) is 0 Å². The lowest BCUT2D eigenvalue weighted by molar-refractivity contribution is 0.262. The Labute approximate surface area is 169 Å². The van der Waals surface area contributed by atoms with Crippen molar-refractivity contribution in [1.82, 2.24) is 4.98 Å². The number of ether oxygens (including phenoxy) is 1. The number of para-hydroxylation sites is 1. The van der Waals surface area contributed by atoms with Crippen LogP contribution in [0.25, 0.3) is 0 Å². The quantitative estimate of drug-likeness (QED) is 0.550. The molecule has 0 spiro atoms. The third-order valence-electron chi connectivity index (χ3n) is 4.29. The Morgan fingerprint density at radius 1 is 1.00 bits per heavy atom. The van der Waals surface area contributed by atoms with Gasteiger partial charge in [0.2, 0.25) is 5.88 Å². The molecule has 0 aliphatic carbocycles. The van der Waals surface area contributed by atoms with Crippen LogP contribution in [0.2, 0.25) is 0 Å². The number of aromatic nitrogens is 1. The van der Waals surface area contributed by atoms with Gasteiger partial charge >= 0.3 is 6.03 Å². The predicted molar refractivity (Wildman–Crippen MR) is 113 cm³/mol. The normalized spacial score (nSPS) is 11.1. The summed E-state index contributed by atoms with van der Waals surface area (Å²) >= 11 is 0. The smallest absolute Gasteiger partial charge is 0.323 e. The standard InChI is InChI=1S/C23H24FN3O2/c1-15-11-12-18(17(24)14-15)26-22(28)27-19-9-7-13-25-21(19)29-20-10-6-5-8-16(20)23(2,3)4/h5-14H,1-4H3,(H2,26,27,28). The fraction of sp³-hybridized carbons (Fsp3) is 0.217. The molecule has 3 rings (SSSR count). The van der Waals surface area contributed by atoms with E-state index in [1.807, 2.05) is 24.3 Å². The molecule has 2 N–H and O–H groups in total. The summed E-state index contributed by atoms with van der Waals surface area (Å²) in [6, 6.07) is 15.1. The fourth-order valence-corrected chi connectivity index (χ4v) is 2.84. The van der Waals surface area contributed by atoms with Gasteiger partial charge in [0.1, 0.15) is 17.3 Å². The van der Waals surface area contributed by atoms with E-state index in [2.05, 4.69) is 36.4 Å². The van der Waals surface area contributed by atoms with Gasteiger partial charge in [0.05, 0.1) is 5.69 Å². The molecule has 0 aliphatic heterocycles. The Morgan fingerprint density at radius 2 is 1.72 bits per heavy atom. The first-order chi connectivity index (χ1) is 13.7. The average Bonchev–Trinajstić information content (AvgIpc) is 2.65. The number of carbonyl (C=O) groups is 1. The Bertz CT molecular complexity index is 1030. The maximum atomic E-state index is 14.0. The lowest BCUT2D eigenvalue weighted by atomic mass is 9.86. The number of rotatable bonds is 4. The molecule has 0 aliphatic rings. The predicted octanol–water partition coefficient (Wildman–Crippen LogP) is 6.26. The molecular weight excluding hydrogens is 369 g/mol. The second-order valence-electron chi connectivity index (χ2n) is 7.77. The highest BCUT2D eigenvalue weighted by Gasteiger charge is 2.20. The van der Waals surface area contributed by atoms with Gasteiger partial charge < -0.3 is 15.4 Å². The second-order valence-corrected chi connectivity index (χ2v) is 7.77. The molecule has 3 aromatic rings. The van der Waals surface area contributed by atoms with Gasteiger partial charge in [0, 0.05) is 11.8 Å². The van der Waals surface area contributed by atoms with Crippen LogP contribution in [0.3, 0.4) is 0 Å². The van der Waals surface area contributed by atoms with Gasteiger partial charge in [-0.25, -0.2) is 14.2 Å². The molecule has 2 aromatic carbocycles. The molecule has 0 fully saturated rings. The first-order valence-corrected chi connectivity index (χ1v) is 9.30. The van der Waals surface area contributed by atoms with Crippen LogP contribution >= 0.6 is 0 Å². The first kappa shape index (κ1) is 20.3. The number of nitrogens with one attached hydrogen (secondary N) is 2. The van der Waals surface area contributed by atoms with Crippen LogP contribution in [-0.4, -0.2) is 11.0 Å². The van der Waals surface area contributed by atoms with Gasteiger partial charge in [0.25, 0.3) is 0 Å². The molecule has 0 saturated heterocycles. The van der Waals surface area contributed by atoms with Crippen molar-refractivity contribution in [3.63, 3.8) is 0 Å². The highest BCUT2D eigenvalue weighted by atomic mass is 19.1. The van der Waals surface area contributed by atoms with E-state index in [9.17, 15) is 9.18 Å². The van der Waals surface area contributed by atoms with Crippen molar-refractivity contribution in [2.45, 2.75) is 33.1 Å². The molecular formula is C23H24FN3O2. The minimum absolute atomic E-state index is 0.0949. The van der Waals surface area contributed by atoms with Crippen molar-refractivity contribution in [3.8, 4) is 11.6 Å². The SMILES string of the molecule is Cc1ccc(NC(=O)Nc2cccnc2Oc2ccccc2C(C)(C)C)c(F)c1. The van der Waals surface area contributed by atoms with Crippen molar-refractivity contribution in [1.29, 1.82) is 0 Å². The zero-order valence-electron chi connectivity index (χ0n) is 16.9. The zero-order valence-corrected chi connectivity index (χ0v) is 16.9. The van der Waals surface area contributed by atoms with Crippen molar-refractivity contribution in [2.75, 3.05) is 10.6 Å². The van der Waals surface area contributed by atoms with Crippen LogP contribution in [0.15, 0.2) is 60.8 Å². The average molecular weight is 393 g/mol. The van der Waals surface area contributed by atoms with Gasteiger partial charge in [-0.1, -0.05) is 45.0 Å². The lowest BCUT2D eigenvalue weighted by Crippen LogP contribution is -2.20. The van der Waals surface area contributed by atoms with Crippen LogP contribution in [0, 0.1) is 12.7 Å². The van der Waals surface area contributed by atoms with E-state index in [4.69, 9.17) is 4.74 Å². The summed E-state index contributed by atoms with van der Waals surface area (Å²) in [6.45, 7) is 8.06. The number of hydrogen-bond acceptors (Lipinski definition) is 3. The maximum absolute atomic E-state index is 14.0. The molecule has 0 unspecified atom stereocenters. The molecule has 0 atom stereocenters. The number of anilines is 2. The van der Waals surface area contributed by atoms with E-state index in [1.54, 1.807) is 31.3 Å². The minimum atomic E-state index is -0.588. The van der Waals surface area contributed by atoms with Crippen molar-refractivity contribution in [2.24, 2.45) is 0 Å². The zero-order chi connectivity index (χ0) is 21.0. The summed E-state index contributed by atoms with van der Waals surface area (Å²) in [4.78, 5) is 16.6. The first-order valence-electron chi connectivity index (χ1n) is 9.30. The highest BCUT2D eigenvalue weighted by molar-refractivity contribution is 6.00. The summed E-state index contributed by atoms with van der Waals surface area (Å²) in [5.41, 5.74) is 2.13. The van der Waals surface area contributed by atoms with Crippen molar-refractivity contribution < 1.29 is 13.9 Å². The van der Waals surface area contributed by atoms with E-state index in [0.29, 0.717) is 11.4 Å². The summed E-state index contributed by atoms with van der Waals surface area (Å²) in [7, 11) is 0. The molecule has 0 bridgehead atoms. The Balaban J connectivity index is 1.80. The number of hydrogen-bond donors (Lipinski definition) is 2. The third kappa shape index (κ3) is 5.10. The van der Waals surface area contributed by atoms with Crippen LogP contribution in [0.1, 0.15) is 31.9 Å². The highest BCUT2D eigenvalue weighted by Crippen LogP contribution is 2.35. The van der Waals surface area contributed by atoms with Gasteiger partial charge in [-0.15, -0.1) is 0 Å². The Hall–Kier alpha value is -3.41. The van der Waals surface area contributed by atoms with Crippen molar-refractivity contribution in [3.05, 3.63) is 77.7 Å². The monoisotopic (exact) mass is 393 g/mol. The summed E-state index contributed by atoms with van der Waals surface area (Å²) in [6.07, 6.45) is 1.58. The largest absolute Gasteiger partial charge is 0.437 e. The number of nitrogens with zero attached hydrogens (tertiary/aromatic N) is 1. The molecule has 1 heterocycles. The molecule has 150 valence electrons. The lowest BCUT2D eigenvalue weighted by Gasteiger charge is -2.22. The van der Waals surface area contributed by atoms with Gasteiger partial charge in [-0.3, -0.25) is 0 Å². The molecule has 0 radical (unpaired) electrons. The van der Waals surface area contributed by atoms with Crippen molar-refractivity contribution >= 4 is 17.4 Å². The van der Waals surface area contributed by atoms with E-state index in [1.165, 1.54) is 12.1 Å². The number of pyridine rings is 1. The maximum Gasteiger partial charge on any atom is 0.323 e. The van der Waals surface area contributed by atoms with Crippen LogP contribution in [0.4, 0.5) is 20.6 Å². The topological polar surface area (TPSA) is 63.2 Å². The molecule has 0 saturated carbocycles. The molecule has 2 amide bonds. The number of benzene rings is 2. The molecule has 6 heteroatoms. The Morgan fingerprint density at radius 3 is 2.45 bits per heavy atom. The van der Waals surface area contributed by atoms with Gasteiger partial charge in [-0.2, -0.15) is 0 Å². The van der Waals surface area contributed by atoms with E-state index < -0.39 is 11.8 Å².